The van der Waals surface area contributed by atoms with Crippen molar-refractivity contribution in [2.75, 3.05) is 6.61 Å². The Morgan fingerprint density at radius 2 is 1.85 bits per heavy atom. The molecule has 0 aromatic rings. The molecule has 3 nitrogen and oxygen atoms in total. The fraction of sp³-hybridized carbons (Fsp3) is 0.933. The topological polar surface area (TPSA) is 46.5 Å². The first-order valence-corrected chi connectivity index (χ1v) is 7.36. The summed E-state index contributed by atoms with van der Waals surface area (Å²) in [5.41, 5.74) is 0.102. The average molecular weight is 288 g/mol. The SMILES string of the molecule is CC12CC3CC(CO)(CC(C1)C3OC(=O)C(C)(F)F)C2. The zero-order chi connectivity index (χ0) is 14.8. The number of carbonyl (C=O) groups excluding carboxylic acids is 1. The minimum atomic E-state index is -3.42. The molecule has 0 aromatic heterocycles. The van der Waals surface area contributed by atoms with Crippen molar-refractivity contribution < 1.29 is 23.4 Å². The lowest BCUT2D eigenvalue weighted by molar-refractivity contribution is -0.215. The smallest absolute Gasteiger partial charge is 0.376 e. The summed E-state index contributed by atoms with van der Waals surface area (Å²) in [5, 5.41) is 9.72. The minimum absolute atomic E-state index is 0.0712. The van der Waals surface area contributed by atoms with Crippen LogP contribution in [0.15, 0.2) is 0 Å². The molecule has 5 heteroatoms. The monoisotopic (exact) mass is 288 g/mol. The Hall–Kier alpha value is -0.710. The van der Waals surface area contributed by atoms with Crippen LogP contribution in [-0.4, -0.2) is 29.7 Å². The minimum Gasteiger partial charge on any atom is -0.457 e. The molecule has 4 aliphatic carbocycles. The van der Waals surface area contributed by atoms with E-state index in [1.54, 1.807) is 0 Å². The molecule has 1 N–H and O–H groups in total. The van der Waals surface area contributed by atoms with E-state index in [2.05, 4.69) is 6.92 Å². The summed E-state index contributed by atoms with van der Waals surface area (Å²) in [5.74, 6) is -4.58. The molecule has 0 amide bonds. The van der Waals surface area contributed by atoms with Crippen molar-refractivity contribution in [2.45, 2.75) is 58.0 Å². The lowest BCUT2D eigenvalue weighted by Gasteiger charge is -2.63. The second-order valence-electron chi connectivity index (χ2n) is 7.74. The van der Waals surface area contributed by atoms with Crippen molar-refractivity contribution in [3.8, 4) is 0 Å². The highest BCUT2D eigenvalue weighted by Gasteiger charge is 2.61. The molecule has 2 atom stereocenters. The lowest BCUT2D eigenvalue weighted by Crippen LogP contribution is -2.59. The molecule has 0 aliphatic heterocycles. The third-order valence-corrected chi connectivity index (χ3v) is 5.57. The fourth-order valence-electron chi connectivity index (χ4n) is 5.34. The van der Waals surface area contributed by atoms with E-state index in [0.717, 1.165) is 32.1 Å². The highest BCUT2D eigenvalue weighted by molar-refractivity contribution is 5.77. The van der Waals surface area contributed by atoms with Crippen molar-refractivity contribution in [1.82, 2.24) is 0 Å². The Morgan fingerprint density at radius 1 is 1.30 bits per heavy atom. The van der Waals surface area contributed by atoms with Gasteiger partial charge in [-0.05, 0) is 54.8 Å². The first kappa shape index (κ1) is 14.2. The number of esters is 1. The van der Waals surface area contributed by atoms with Gasteiger partial charge in [-0.1, -0.05) is 6.92 Å². The number of hydrogen-bond acceptors (Lipinski definition) is 3. The number of hydrogen-bond donors (Lipinski definition) is 1. The van der Waals surface area contributed by atoms with Crippen molar-refractivity contribution in [3.05, 3.63) is 0 Å². The molecule has 4 bridgehead atoms. The maximum atomic E-state index is 13.0. The van der Waals surface area contributed by atoms with Crippen LogP contribution in [0.3, 0.4) is 0 Å². The summed E-state index contributed by atoms with van der Waals surface area (Å²) >= 11 is 0. The third kappa shape index (κ3) is 2.14. The molecule has 4 aliphatic rings. The van der Waals surface area contributed by atoms with Crippen LogP contribution in [0.1, 0.15) is 46.0 Å². The summed E-state index contributed by atoms with van der Waals surface area (Å²) < 4.78 is 31.2. The van der Waals surface area contributed by atoms with Crippen LogP contribution in [0.2, 0.25) is 0 Å². The molecule has 0 aromatic carbocycles. The summed E-state index contributed by atoms with van der Waals surface area (Å²) in [6.45, 7) is 2.95. The Morgan fingerprint density at radius 3 is 2.30 bits per heavy atom. The molecular weight excluding hydrogens is 266 g/mol. The molecule has 4 rings (SSSR count). The second-order valence-corrected chi connectivity index (χ2v) is 7.74. The average Bonchev–Trinajstić information content (AvgIpc) is 2.30. The number of halogens is 2. The van der Waals surface area contributed by atoms with Gasteiger partial charge in [0.15, 0.2) is 0 Å². The summed E-state index contributed by atoms with van der Waals surface area (Å²) in [6, 6.07) is 0. The van der Waals surface area contributed by atoms with Gasteiger partial charge in [-0.25, -0.2) is 4.79 Å². The van der Waals surface area contributed by atoms with Crippen LogP contribution >= 0.6 is 0 Å². The molecule has 20 heavy (non-hydrogen) atoms. The summed E-state index contributed by atoms with van der Waals surface area (Å²) in [7, 11) is 0. The van der Waals surface area contributed by atoms with E-state index in [-0.39, 0.29) is 35.4 Å². The molecule has 4 saturated carbocycles. The quantitative estimate of drug-likeness (QED) is 0.812. The van der Waals surface area contributed by atoms with Gasteiger partial charge in [0.25, 0.3) is 0 Å². The van der Waals surface area contributed by atoms with Gasteiger partial charge in [0.1, 0.15) is 6.10 Å². The Labute approximate surface area is 117 Å². The number of ether oxygens (including phenoxy) is 1. The van der Waals surface area contributed by atoms with E-state index in [1.807, 2.05) is 0 Å². The molecular formula is C15H22F2O3. The maximum Gasteiger partial charge on any atom is 0.376 e. The van der Waals surface area contributed by atoms with Gasteiger partial charge < -0.3 is 9.84 Å². The number of alkyl halides is 2. The van der Waals surface area contributed by atoms with Crippen LogP contribution < -0.4 is 0 Å². The van der Waals surface area contributed by atoms with E-state index in [4.69, 9.17) is 4.74 Å². The van der Waals surface area contributed by atoms with E-state index in [0.29, 0.717) is 6.92 Å². The van der Waals surface area contributed by atoms with Crippen molar-refractivity contribution in [3.63, 3.8) is 0 Å². The summed E-state index contributed by atoms with van der Waals surface area (Å²) in [4.78, 5) is 11.5. The van der Waals surface area contributed by atoms with E-state index in [9.17, 15) is 18.7 Å². The fourth-order valence-corrected chi connectivity index (χ4v) is 5.34. The number of aliphatic hydroxyl groups is 1. The highest BCUT2D eigenvalue weighted by atomic mass is 19.3. The van der Waals surface area contributed by atoms with Gasteiger partial charge in [0, 0.05) is 13.5 Å². The molecule has 4 fully saturated rings. The normalized spacial score (nSPS) is 46.5. The zero-order valence-electron chi connectivity index (χ0n) is 12.0. The second kappa shape index (κ2) is 4.15. The molecule has 0 saturated heterocycles. The molecule has 0 spiro atoms. The van der Waals surface area contributed by atoms with Crippen molar-refractivity contribution in [2.24, 2.45) is 22.7 Å². The van der Waals surface area contributed by atoms with Crippen LogP contribution in [0.4, 0.5) is 8.78 Å². The van der Waals surface area contributed by atoms with Crippen LogP contribution in [0.5, 0.6) is 0 Å². The van der Waals surface area contributed by atoms with Crippen LogP contribution in [-0.2, 0) is 9.53 Å². The predicted molar refractivity (Wildman–Crippen MR) is 68.2 cm³/mol. The van der Waals surface area contributed by atoms with E-state index >= 15 is 0 Å². The third-order valence-electron chi connectivity index (χ3n) is 5.57. The number of rotatable bonds is 3. The first-order valence-electron chi connectivity index (χ1n) is 7.36. The van der Waals surface area contributed by atoms with Gasteiger partial charge in [-0.3, -0.25) is 0 Å². The standard InChI is InChI=1S/C15H22F2O3/c1-13-3-9-5-15(7-13,8-18)6-10(4-13)11(9)20-12(19)14(2,16)17/h9-11,18H,3-8H2,1-2H3. The Bertz CT molecular complexity index is 413. The van der Waals surface area contributed by atoms with E-state index in [1.165, 1.54) is 0 Å². The van der Waals surface area contributed by atoms with Gasteiger partial charge in [-0.2, -0.15) is 8.78 Å². The highest BCUT2D eigenvalue weighted by Crippen LogP contribution is 2.65. The van der Waals surface area contributed by atoms with Crippen molar-refractivity contribution in [1.29, 1.82) is 0 Å². The van der Waals surface area contributed by atoms with E-state index < -0.39 is 11.9 Å². The number of aliphatic hydroxyl groups excluding tert-OH is 1. The zero-order valence-corrected chi connectivity index (χ0v) is 12.0. The number of carbonyl (C=O) groups is 1. The van der Waals surface area contributed by atoms with Gasteiger partial charge >= 0.3 is 11.9 Å². The lowest BCUT2D eigenvalue weighted by atomic mass is 9.44. The molecule has 0 heterocycles. The Kier molecular flexibility index (Phi) is 2.96. The molecule has 114 valence electrons. The molecule has 0 radical (unpaired) electrons. The summed E-state index contributed by atoms with van der Waals surface area (Å²) in [6.07, 6.45) is 4.04. The van der Waals surface area contributed by atoms with Gasteiger partial charge in [-0.15, -0.1) is 0 Å². The van der Waals surface area contributed by atoms with Gasteiger partial charge in [0.2, 0.25) is 0 Å². The van der Waals surface area contributed by atoms with Crippen LogP contribution in [0.25, 0.3) is 0 Å². The predicted octanol–water partition coefficient (Wildman–Crippen LogP) is 2.76. The van der Waals surface area contributed by atoms with Crippen molar-refractivity contribution >= 4 is 5.97 Å². The molecule has 2 unspecified atom stereocenters. The largest absolute Gasteiger partial charge is 0.457 e. The Balaban J connectivity index is 1.79. The van der Waals surface area contributed by atoms with Crippen LogP contribution in [0, 0.1) is 22.7 Å². The first-order chi connectivity index (χ1) is 9.16. The maximum absolute atomic E-state index is 13.0. The van der Waals surface area contributed by atoms with Gasteiger partial charge in [0.05, 0.1) is 0 Å².